The number of fused-ring (bicyclic) bond motifs is 1. The van der Waals surface area contributed by atoms with Gasteiger partial charge >= 0.3 is 11.9 Å². The third-order valence-corrected chi connectivity index (χ3v) is 6.83. The highest BCUT2D eigenvalue weighted by atomic mass is 16.6. The summed E-state index contributed by atoms with van der Waals surface area (Å²) in [6, 6.07) is 0. The Morgan fingerprint density at radius 1 is 1.25 bits per heavy atom. The highest BCUT2D eigenvalue weighted by Gasteiger charge is 2.43. The van der Waals surface area contributed by atoms with Crippen molar-refractivity contribution in [2.45, 2.75) is 77.1 Å². The molecule has 0 bridgehead atoms. The lowest BCUT2D eigenvalue weighted by atomic mass is 9.65. The van der Waals surface area contributed by atoms with Crippen molar-refractivity contribution in [2.75, 3.05) is 0 Å². The van der Waals surface area contributed by atoms with Gasteiger partial charge in [0.2, 0.25) is 0 Å². The van der Waals surface area contributed by atoms with Gasteiger partial charge in [0.15, 0.2) is 0 Å². The van der Waals surface area contributed by atoms with E-state index in [1.165, 1.54) is 5.57 Å². The predicted octanol–water partition coefficient (Wildman–Crippen LogP) is 3.56. The minimum Gasteiger partial charge on any atom is -0.462 e. The topological polar surface area (TPSA) is 72.8 Å². The molecule has 7 atom stereocenters. The van der Waals surface area contributed by atoms with Gasteiger partial charge in [0.05, 0.1) is 18.4 Å². The molecule has 4 rings (SSSR count). The molecule has 28 heavy (non-hydrogen) atoms. The lowest BCUT2D eigenvalue weighted by molar-refractivity contribution is -0.161. The zero-order chi connectivity index (χ0) is 19.8. The first-order valence-corrected chi connectivity index (χ1v) is 10.9. The Hall–Kier alpha value is -1.62. The van der Waals surface area contributed by atoms with Gasteiger partial charge in [0, 0.05) is 12.3 Å². The molecule has 1 saturated carbocycles. The maximum absolute atomic E-state index is 12.4. The number of cyclic esters (lactones) is 1. The standard InChI is InChI=1S/C23H32O5/c1-13-9-16-4-3-14(2)19(8-7-18-11-17(24)12-21(25)27-18)22(16)20(10-13)28-23(26)15-5-6-15/h3-4,9,13-15,17-20,22,24H,5-8,10-12H2,1-2H3. The van der Waals surface area contributed by atoms with E-state index in [-0.39, 0.29) is 42.4 Å². The van der Waals surface area contributed by atoms with Crippen molar-refractivity contribution in [1.29, 1.82) is 0 Å². The third-order valence-electron chi connectivity index (χ3n) is 6.83. The maximum Gasteiger partial charge on any atom is 0.309 e. The second-order valence-electron chi connectivity index (χ2n) is 9.32. The van der Waals surface area contributed by atoms with Gasteiger partial charge in [-0.3, -0.25) is 9.59 Å². The largest absolute Gasteiger partial charge is 0.462 e. The van der Waals surface area contributed by atoms with Crippen LogP contribution in [-0.2, 0) is 19.1 Å². The molecule has 0 aromatic heterocycles. The number of aliphatic hydroxyl groups is 1. The fourth-order valence-corrected chi connectivity index (χ4v) is 5.20. The molecule has 1 N–H and O–H groups in total. The van der Waals surface area contributed by atoms with Crippen LogP contribution in [-0.4, -0.2) is 35.4 Å². The maximum atomic E-state index is 12.4. The van der Waals surface area contributed by atoms with Crippen molar-refractivity contribution in [3.8, 4) is 0 Å². The van der Waals surface area contributed by atoms with Gasteiger partial charge in [-0.1, -0.05) is 32.1 Å². The minimum absolute atomic E-state index is 0.0243. The Labute approximate surface area is 167 Å². The quantitative estimate of drug-likeness (QED) is 0.729. The number of carbonyl (C=O) groups is 2. The molecule has 1 saturated heterocycles. The number of allylic oxidation sites excluding steroid dienone is 3. The van der Waals surface area contributed by atoms with E-state index >= 15 is 0 Å². The molecule has 4 aliphatic rings. The fourth-order valence-electron chi connectivity index (χ4n) is 5.20. The Balaban J connectivity index is 1.47. The van der Waals surface area contributed by atoms with Crippen molar-refractivity contribution in [1.82, 2.24) is 0 Å². The van der Waals surface area contributed by atoms with Crippen molar-refractivity contribution >= 4 is 11.9 Å². The molecule has 7 unspecified atom stereocenters. The Kier molecular flexibility index (Phi) is 5.64. The predicted molar refractivity (Wildman–Crippen MR) is 104 cm³/mol. The van der Waals surface area contributed by atoms with E-state index in [1.54, 1.807) is 0 Å². The highest BCUT2D eigenvalue weighted by molar-refractivity contribution is 5.75. The summed E-state index contributed by atoms with van der Waals surface area (Å²) in [5.74, 6) is 1.12. The van der Waals surface area contributed by atoms with E-state index in [4.69, 9.17) is 9.47 Å². The number of hydrogen-bond donors (Lipinski definition) is 1. The van der Waals surface area contributed by atoms with Gasteiger partial charge in [-0.2, -0.15) is 0 Å². The summed E-state index contributed by atoms with van der Waals surface area (Å²) in [6.45, 7) is 4.41. The fraction of sp³-hybridized carbons (Fsp3) is 0.739. The normalized spacial score (nSPS) is 40.3. The molecule has 5 nitrogen and oxygen atoms in total. The lowest BCUT2D eigenvalue weighted by Gasteiger charge is -2.43. The van der Waals surface area contributed by atoms with Crippen molar-refractivity contribution < 1.29 is 24.2 Å². The van der Waals surface area contributed by atoms with E-state index in [0.717, 1.165) is 32.1 Å². The number of esters is 2. The van der Waals surface area contributed by atoms with Crippen molar-refractivity contribution in [2.24, 2.45) is 29.6 Å². The van der Waals surface area contributed by atoms with E-state index in [1.807, 2.05) is 0 Å². The molecular formula is C23H32O5. The van der Waals surface area contributed by atoms with Gasteiger partial charge in [0.25, 0.3) is 0 Å². The third kappa shape index (κ3) is 4.35. The molecule has 1 heterocycles. The monoisotopic (exact) mass is 388 g/mol. The molecule has 0 amide bonds. The van der Waals surface area contributed by atoms with Crippen molar-refractivity contribution in [3.63, 3.8) is 0 Å². The van der Waals surface area contributed by atoms with Gasteiger partial charge in [-0.05, 0) is 55.4 Å². The van der Waals surface area contributed by atoms with Crippen LogP contribution >= 0.6 is 0 Å². The molecule has 3 aliphatic carbocycles. The highest BCUT2D eigenvalue weighted by Crippen LogP contribution is 2.46. The summed E-state index contributed by atoms with van der Waals surface area (Å²) >= 11 is 0. The first kappa shape index (κ1) is 19.7. The summed E-state index contributed by atoms with van der Waals surface area (Å²) in [5, 5.41) is 9.88. The summed E-state index contributed by atoms with van der Waals surface area (Å²) in [7, 11) is 0. The smallest absolute Gasteiger partial charge is 0.309 e. The van der Waals surface area contributed by atoms with Crippen LogP contribution < -0.4 is 0 Å². The van der Waals surface area contributed by atoms with Crippen LogP contribution in [0.1, 0.15) is 58.8 Å². The Morgan fingerprint density at radius 2 is 2.04 bits per heavy atom. The molecule has 0 radical (unpaired) electrons. The number of aliphatic hydroxyl groups excluding tert-OH is 1. The Morgan fingerprint density at radius 3 is 2.75 bits per heavy atom. The second-order valence-corrected chi connectivity index (χ2v) is 9.32. The lowest BCUT2D eigenvalue weighted by Crippen LogP contribution is -2.41. The number of carbonyl (C=O) groups excluding carboxylic acids is 2. The van der Waals surface area contributed by atoms with Crippen LogP contribution in [0.15, 0.2) is 23.8 Å². The Bertz CT molecular complexity index is 676. The average molecular weight is 389 g/mol. The molecular weight excluding hydrogens is 356 g/mol. The zero-order valence-electron chi connectivity index (χ0n) is 16.9. The summed E-state index contributed by atoms with van der Waals surface area (Å²) < 4.78 is 11.5. The number of rotatable bonds is 5. The first-order valence-electron chi connectivity index (χ1n) is 10.9. The van der Waals surface area contributed by atoms with Crippen LogP contribution in [0.5, 0.6) is 0 Å². The van der Waals surface area contributed by atoms with Gasteiger partial charge in [0.1, 0.15) is 12.2 Å². The molecule has 1 aliphatic heterocycles. The second kappa shape index (κ2) is 8.02. The molecule has 0 aromatic rings. The number of ether oxygens (including phenoxy) is 2. The minimum atomic E-state index is -0.590. The van der Waals surface area contributed by atoms with Gasteiger partial charge < -0.3 is 14.6 Å². The van der Waals surface area contributed by atoms with Crippen molar-refractivity contribution in [3.05, 3.63) is 23.8 Å². The van der Waals surface area contributed by atoms with Crippen LogP contribution in [0.25, 0.3) is 0 Å². The van der Waals surface area contributed by atoms with E-state index in [0.29, 0.717) is 24.2 Å². The summed E-state index contributed by atoms with van der Waals surface area (Å²) in [5.41, 5.74) is 1.29. The summed E-state index contributed by atoms with van der Waals surface area (Å²) in [4.78, 5) is 24.0. The van der Waals surface area contributed by atoms with Gasteiger partial charge in [-0.25, -0.2) is 0 Å². The SMILES string of the molecule is CC1C=C2C=CC(C)C(CCC3CC(O)CC(=O)O3)C2C(OC(=O)C2CC2)C1. The van der Waals surface area contributed by atoms with Crippen LogP contribution in [0.3, 0.4) is 0 Å². The average Bonchev–Trinajstić information content (AvgIpc) is 3.45. The van der Waals surface area contributed by atoms with Gasteiger partial charge in [-0.15, -0.1) is 0 Å². The van der Waals surface area contributed by atoms with E-state index in [9.17, 15) is 14.7 Å². The van der Waals surface area contributed by atoms with Crippen LogP contribution in [0.4, 0.5) is 0 Å². The van der Waals surface area contributed by atoms with Crippen LogP contribution in [0.2, 0.25) is 0 Å². The molecule has 5 heteroatoms. The van der Waals surface area contributed by atoms with E-state index in [2.05, 4.69) is 32.1 Å². The van der Waals surface area contributed by atoms with Crippen LogP contribution in [0, 0.1) is 29.6 Å². The van der Waals surface area contributed by atoms with E-state index < -0.39 is 6.10 Å². The molecule has 2 fully saturated rings. The molecule has 0 aromatic carbocycles. The zero-order valence-corrected chi connectivity index (χ0v) is 16.9. The first-order chi connectivity index (χ1) is 13.4. The molecule has 154 valence electrons. The molecule has 0 spiro atoms. The number of hydrogen-bond acceptors (Lipinski definition) is 5. The summed E-state index contributed by atoms with van der Waals surface area (Å²) in [6.07, 6.45) is 11.0.